The molecule has 1 aliphatic rings. The summed E-state index contributed by atoms with van der Waals surface area (Å²) in [5.41, 5.74) is 6.66. The van der Waals surface area contributed by atoms with Gasteiger partial charge in [0.25, 0.3) is 0 Å². The number of benzene rings is 1. The van der Waals surface area contributed by atoms with E-state index in [4.69, 9.17) is 17.3 Å². The highest BCUT2D eigenvalue weighted by atomic mass is 35.5. The Morgan fingerprint density at radius 3 is 2.80 bits per heavy atom. The first-order valence-corrected chi connectivity index (χ1v) is 8.58. The number of amides is 1. The summed E-state index contributed by atoms with van der Waals surface area (Å²) in [5, 5.41) is 0.734. The smallest absolute Gasteiger partial charge is 0.223 e. The Kier molecular flexibility index (Phi) is 6.20. The molecule has 1 aromatic rings. The van der Waals surface area contributed by atoms with E-state index >= 15 is 0 Å². The molecule has 0 unspecified atom stereocenters. The molecule has 0 aromatic heterocycles. The lowest BCUT2D eigenvalue weighted by Gasteiger charge is -2.36. The molecular formula is C15H21ClN2OS. The Bertz CT molecular complexity index is 438. The van der Waals surface area contributed by atoms with Gasteiger partial charge in [-0.25, -0.2) is 0 Å². The van der Waals surface area contributed by atoms with E-state index in [0.29, 0.717) is 13.0 Å². The number of unbranched alkanes of at least 4 members (excludes halogenated alkanes) is 1. The summed E-state index contributed by atoms with van der Waals surface area (Å²) < 4.78 is 0. The maximum absolute atomic E-state index is 12.4. The predicted molar refractivity (Wildman–Crippen MR) is 86.1 cm³/mol. The molecule has 1 aromatic carbocycles. The van der Waals surface area contributed by atoms with E-state index in [2.05, 4.69) is 0 Å². The Hall–Kier alpha value is -0.710. The van der Waals surface area contributed by atoms with Crippen LogP contribution in [0.25, 0.3) is 0 Å². The number of nitrogens with zero attached hydrogens (tertiary/aromatic N) is 1. The Morgan fingerprint density at radius 2 is 2.10 bits per heavy atom. The van der Waals surface area contributed by atoms with Crippen LogP contribution in [0.1, 0.15) is 30.9 Å². The molecule has 2 rings (SSSR count). The van der Waals surface area contributed by atoms with Crippen LogP contribution in [0.2, 0.25) is 5.02 Å². The molecule has 1 atom stereocenters. The van der Waals surface area contributed by atoms with Crippen LogP contribution in [0.5, 0.6) is 0 Å². The second-order valence-electron chi connectivity index (χ2n) is 4.98. The van der Waals surface area contributed by atoms with Gasteiger partial charge in [0, 0.05) is 29.5 Å². The van der Waals surface area contributed by atoms with Crippen molar-refractivity contribution in [2.45, 2.75) is 25.3 Å². The largest absolute Gasteiger partial charge is 0.334 e. The van der Waals surface area contributed by atoms with E-state index < -0.39 is 0 Å². The fourth-order valence-electron chi connectivity index (χ4n) is 2.43. The van der Waals surface area contributed by atoms with Crippen molar-refractivity contribution < 1.29 is 4.79 Å². The summed E-state index contributed by atoms with van der Waals surface area (Å²) in [5.74, 6) is 2.23. The molecule has 0 aliphatic carbocycles. The van der Waals surface area contributed by atoms with Crippen LogP contribution in [-0.4, -0.2) is 35.4 Å². The average molecular weight is 313 g/mol. The molecule has 5 heteroatoms. The maximum Gasteiger partial charge on any atom is 0.223 e. The maximum atomic E-state index is 12.4. The van der Waals surface area contributed by atoms with Crippen molar-refractivity contribution in [2.75, 3.05) is 24.6 Å². The number of hydrogen-bond acceptors (Lipinski definition) is 3. The lowest BCUT2D eigenvalue weighted by Crippen LogP contribution is -2.40. The molecule has 0 radical (unpaired) electrons. The zero-order valence-electron chi connectivity index (χ0n) is 11.6. The van der Waals surface area contributed by atoms with Crippen LogP contribution >= 0.6 is 23.4 Å². The molecule has 2 N–H and O–H groups in total. The van der Waals surface area contributed by atoms with Crippen molar-refractivity contribution in [1.82, 2.24) is 4.90 Å². The van der Waals surface area contributed by atoms with E-state index in [-0.39, 0.29) is 11.9 Å². The zero-order chi connectivity index (χ0) is 14.4. The third-order valence-electron chi connectivity index (χ3n) is 3.55. The fourth-order valence-corrected chi connectivity index (χ4v) is 3.64. The van der Waals surface area contributed by atoms with Gasteiger partial charge < -0.3 is 10.6 Å². The Balaban J connectivity index is 2.04. The molecule has 1 amide bonds. The van der Waals surface area contributed by atoms with Gasteiger partial charge in [-0.15, -0.1) is 0 Å². The van der Waals surface area contributed by atoms with Gasteiger partial charge in [-0.05, 0) is 37.1 Å². The molecule has 3 nitrogen and oxygen atoms in total. The van der Waals surface area contributed by atoms with Crippen molar-refractivity contribution in [2.24, 2.45) is 5.73 Å². The molecule has 1 saturated heterocycles. The monoisotopic (exact) mass is 312 g/mol. The summed E-state index contributed by atoms with van der Waals surface area (Å²) in [7, 11) is 0. The summed E-state index contributed by atoms with van der Waals surface area (Å²) >= 11 is 7.84. The van der Waals surface area contributed by atoms with Crippen LogP contribution in [-0.2, 0) is 4.79 Å². The highest BCUT2D eigenvalue weighted by Crippen LogP contribution is 2.30. The molecule has 0 saturated carbocycles. The van der Waals surface area contributed by atoms with Crippen molar-refractivity contribution >= 4 is 29.3 Å². The van der Waals surface area contributed by atoms with Gasteiger partial charge in [-0.2, -0.15) is 11.8 Å². The first kappa shape index (κ1) is 15.7. The van der Waals surface area contributed by atoms with Crippen LogP contribution in [0.4, 0.5) is 0 Å². The highest BCUT2D eigenvalue weighted by Gasteiger charge is 2.27. The summed E-state index contributed by atoms with van der Waals surface area (Å²) in [6.07, 6.45) is 2.40. The minimum Gasteiger partial charge on any atom is -0.334 e. The quantitative estimate of drug-likeness (QED) is 0.850. The lowest BCUT2D eigenvalue weighted by atomic mass is 10.1. The molecular weight excluding hydrogens is 292 g/mol. The molecule has 1 heterocycles. The van der Waals surface area contributed by atoms with E-state index in [1.807, 2.05) is 40.9 Å². The average Bonchev–Trinajstić information content (AvgIpc) is 2.48. The summed E-state index contributed by atoms with van der Waals surface area (Å²) in [6, 6.07) is 8.02. The van der Waals surface area contributed by atoms with Gasteiger partial charge in [-0.1, -0.05) is 23.7 Å². The van der Waals surface area contributed by atoms with E-state index in [1.165, 1.54) is 5.56 Å². The third kappa shape index (κ3) is 4.14. The number of rotatable bonds is 5. The van der Waals surface area contributed by atoms with Crippen molar-refractivity contribution in [1.29, 1.82) is 0 Å². The van der Waals surface area contributed by atoms with Crippen molar-refractivity contribution in [3.8, 4) is 0 Å². The Labute approximate surface area is 129 Å². The summed E-state index contributed by atoms with van der Waals surface area (Å²) in [4.78, 5) is 14.4. The first-order chi connectivity index (χ1) is 9.72. The number of nitrogens with two attached hydrogens (primary N) is 1. The van der Waals surface area contributed by atoms with Crippen LogP contribution < -0.4 is 5.73 Å². The molecule has 0 spiro atoms. The number of carbonyl (C=O) groups is 1. The molecule has 110 valence electrons. The van der Waals surface area contributed by atoms with Gasteiger partial charge in [0.1, 0.15) is 0 Å². The van der Waals surface area contributed by atoms with Crippen LogP contribution in [0.15, 0.2) is 24.3 Å². The van der Waals surface area contributed by atoms with E-state index in [9.17, 15) is 4.79 Å². The van der Waals surface area contributed by atoms with Gasteiger partial charge in [-0.3, -0.25) is 4.79 Å². The molecule has 1 aliphatic heterocycles. The topological polar surface area (TPSA) is 46.3 Å². The third-order valence-corrected chi connectivity index (χ3v) is 4.82. The highest BCUT2D eigenvalue weighted by molar-refractivity contribution is 7.99. The molecule has 0 bridgehead atoms. The SMILES string of the molecule is NCCCCC(=O)N1CCSC[C@H]1c1ccc(Cl)cc1. The number of halogens is 1. The predicted octanol–water partition coefficient (Wildman–Crippen LogP) is 3.09. The molecule has 1 fully saturated rings. The fraction of sp³-hybridized carbons (Fsp3) is 0.533. The number of hydrogen-bond donors (Lipinski definition) is 1. The van der Waals surface area contributed by atoms with Crippen LogP contribution in [0.3, 0.4) is 0 Å². The van der Waals surface area contributed by atoms with Crippen molar-refractivity contribution in [3.05, 3.63) is 34.9 Å². The minimum absolute atomic E-state index is 0.177. The lowest BCUT2D eigenvalue weighted by molar-refractivity contribution is -0.133. The minimum atomic E-state index is 0.177. The van der Waals surface area contributed by atoms with Crippen LogP contribution in [0, 0.1) is 0 Å². The van der Waals surface area contributed by atoms with Gasteiger partial charge in [0.05, 0.1) is 6.04 Å². The van der Waals surface area contributed by atoms with Gasteiger partial charge in [0.15, 0.2) is 0 Å². The first-order valence-electron chi connectivity index (χ1n) is 7.05. The zero-order valence-corrected chi connectivity index (χ0v) is 13.1. The van der Waals surface area contributed by atoms with Gasteiger partial charge in [0.2, 0.25) is 5.91 Å². The van der Waals surface area contributed by atoms with E-state index in [0.717, 1.165) is 35.9 Å². The molecule has 20 heavy (non-hydrogen) atoms. The second kappa shape index (κ2) is 7.91. The summed E-state index contributed by atoms with van der Waals surface area (Å²) in [6.45, 7) is 1.49. The van der Waals surface area contributed by atoms with E-state index in [1.54, 1.807) is 0 Å². The number of thioether (sulfide) groups is 1. The normalized spacial score (nSPS) is 19.1. The number of carbonyl (C=O) groups excluding carboxylic acids is 1. The van der Waals surface area contributed by atoms with Gasteiger partial charge >= 0.3 is 0 Å². The Morgan fingerprint density at radius 1 is 1.35 bits per heavy atom. The standard InChI is InChI=1S/C15H21ClN2OS/c16-13-6-4-12(5-7-13)14-11-20-10-9-18(14)15(19)3-1-2-8-17/h4-7,14H,1-3,8-11,17H2/t14-/m0/s1. The van der Waals surface area contributed by atoms with Crippen molar-refractivity contribution in [3.63, 3.8) is 0 Å². The second-order valence-corrected chi connectivity index (χ2v) is 6.56.